The molecule has 3 nitrogen and oxygen atoms in total. The van der Waals surface area contributed by atoms with Crippen molar-refractivity contribution in [1.82, 2.24) is 0 Å². The molecule has 0 fully saturated rings. The monoisotopic (exact) mass is 606 g/mol. The van der Waals surface area contributed by atoms with Crippen LogP contribution in [0.5, 0.6) is 0 Å². The fraction of sp³-hybridized carbons (Fsp3) is 1.00. The van der Waals surface area contributed by atoms with E-state index in [4.69, 9.17) is 9.05 Å². The first-order chi connectivity index (χ1) is 19.4. The summed E-state index contributed by atoms with van der Waals surface area (Å²) in [7, 11) is -4.26. The fourth-order valence-electron chi connectivity index (χ4n) is 5.54. The van der Waals surface area contributed by atoms with Crippen LogP contribution in [0.25, 0.3) is 0 Å². The summed E-state index contributed by atoms with van der Waals surface area (Å²) in [6.45, 7) is 12.7. The third-order valence-corrected chi connectivity index (χ3v) is 15.4. The lowest BCUT2D eigenvalue weighted by Crippen LogP contribution is -2.08. The Morgan fingerprint density at radius 3 is 1.00 bits per heavy atom. The molecule has 0 atom stereocenters. The average Bonchev–Trinajstić information content (AvgIpc) is 2.92. The Kier molecular flexibility index (Phi) is 30.1. The fourth-order valence-corrected chi connectivity index (χ4v) is 12.6. The van der Waals surface area contributed by atoms with Gasteiger partial charge in [0.1, 0.15) is 0 Å². The highest BCUT2D eigenvalue weighted by Gasteiger charge is 2.38. The van der Waals surface area contributed by atoms with E-state index < -0.39 is 14.9 Å². The Morgan fingerprint density at radius 1 is 0.425 bits per heavy atom. The van der Waals surface area contributed by atoms with Crippen LogP contribution in [0.4, 0.5) is 0 Å². The second-order valence-electron chi connectivity index (χ2n) is 13.2. The van der Waals surface area contributed by atoms with Crippen LogP contribution in [-0.4, -0.2) is 38.6 Å². The first-order valence-corrected chi connectivity index (χ1v) is 22.9. The summed E-state index contributed by atoms with van der Waals surface area (Å²) in [6, 6.07) is 0. The highest BCUT2D eigenvalue weighted by Crippen LogP contribution is 2.66. The van der Waals surface area contributed by atoms with Crippen molar-refractivity contribution in [3.05, 3.63) is 0 Å². The normalized spacial score (nSPS) is 12.4. The van der Waals surface area contributed by atoms with Crippen molar-refractivity contribution in [3.63, 3.8) is 0 Å². The molecule has 0 aliphatic heterocycles. The molecule has 242 valence electrons. The highest BCUT2D eigenvalue weighted by atomic mass is 31.2. The predicted octanol–water partition coefficient (Wildman–Crippen LogP) is 13.6. The molecule has 40 heavy (non-hydrogen) atoms. The van der Waals surface area contributed by atoms with Gasteiger partial charge in [-0.1, -0.05) is 168 Å². The third kappa shape index (κ3) is 28.7. The summed E-state index contributed by atoms with van der Waals surface area (Å²) < 4.78 is 26.0. The standard InChI is InChI=1S/C35H75O3P2/c1-6-9-12-14-16-18-20-22-24-26-28-30-32-37-40(36,35-39(4,5)34-11-8-3)38-33-31-29-27-25-23-21-19-17-15-13-10-7-2/h6-35H2,1-5H3/q+1. The number of unbranched alkanes of at least 4 members (excludes halogenated alkanes) is 23. The summed E-state index contributed by atoms with van der Waals surface area (Å²) in [5, 5.41) is 0. The molecule has 0 amide bonds. The zero-order valence-electron chi connectivity index (χ0n) is 28.3. The minimum absolute atomic E-state index is 0.598. The van der Waals surface area contributed by atoms with Gasteiger partial charge in [0.15, 0.2) is 5.90 Å². The van der Waals surface area contributed by atoms with Crippen LogP contribution in [0.15, 0.2) is 0 Å². The maximum absolute atomic E-state index is 13.8. The van der Waals surface area contributed by atoms with Crippen molar-refractivity contribution in [2.24, 2.45) is 0 Å². The van der Waals surface area contributed by atoms with Gasteiger partial charge in [0.25, 0.3) is 0 Å². The maximum Gasteiger partial charge on any atom is 0.367 e. The Morgan fingerprint density at radius 2 is 0.700 bits per heavy atom. The smallest absolute Gasteiger partial charge is 0.306 e. The second-order valence-corrected chi connectivity index (χ2v) is 20.4. The second kappa shape index (κ2) is 29.6. The minimum atomic E-state index is -3.00. The Balaban J connectivity index is 4.09. The molecule has 0 spiro atoms. The van der Waals surface area contributed by atoms with E-state index in [1.54, 1.807) is 0 Å². The molecule has 0 aromatic heterocycles. The topological polar surface area (TPSA) is 35.5 Å². The van der Waals surface area contributed by atoms with Crippen LogP contribution >= 0.6 is 14.9 Å². The van der Waals surface area contributed by atoms with Gasteiger partial charge >= 0.3 is 7.60 Å². The largest absolute Gasteiger partial charge is 0.367 e. The van der Waals surface area contributed by atoms with Gasteiger partial charge in [-0.05, 0) is 19.3 Å². The van der Waals surface area contributed by atoms with Gasteiger partial charge in [-0.2, -0.15) is 0 Å². The van der Waals surface area contributed by atoms with Gasteiger partial charge in [-0.15, -0.1) is 0 Å². The lowest BCUT2D eigenvalue weighted by molar-refractivity contribution is 0.200. The zero-order valence-corrected chi connectivity index (χ0v) is 30.1. The molecule has 0 heterocycles. The van der Waals surface area contributed by atoms with Gasteiger partial charge in [0, 0.05) is 20.6 Å². The van der Waals surface area contributed by atoms with Crippen LogP contribution in [0.3, 0.4) is 0 Å². The Hall–Kier alpha value is 0.580. The van der Waals surface area contributed by atoms with Crippen LogP contribution in [0.2, 0.25) is 0 Å². The van der Waals surface area contributed by atoms with Gasteiger partial charge in [0.2, 0.25) is 0 Å². The molecule has 0 rings (SSSR count). The first kappa shape index (κ1) is 40.6. The lowest BCUT2D eigenvalue weighted by atomic mass is 10.1. The van der Waals surface area contributed by atoms with Crippen LogP contribution in [0.1, 0.15) is 188 Å². The molecule has 0 N–H and O–H groups in total. The minimum Gasteiger partial charge on any atom is -0.306 e. The van der Waals surface area contributed by atoms with E-state index in [0.717, 1.165) is 12.8 Å². The van der Waals surface area contributed by atoms with Crippen molar-refractivity contribution < 1.29 is 13.6 Å². The molecular formula is C35H75O3P2+. The van der Waals surface area contributed by atoms with Crippen molar-refractivity contribution >= 4 is 14.9 Å². The number of hydrogen-bond acceptors (Lipinski definition) is 3. The molecule has 0 unspecified atom stereocenters. The van der Waals surface area contributed by atoms with Crippen LogP contribution < -0.4 is 0 Å². The zero-order chi connectivity index (χ0) is 29.6. The summed E-state index contributed by atoms with van der Waals surface area (Å²) in [6.07, 6.45) is 35.5. The van der Waals surface area contributed by atoms with Crippen molar-refractivity contribution in [2.75, 3.05) is 38.6 Å². The molecule has 0 saturated heterocycles. The Bertz CT molecular complexity index is 519. The van der Waals surface area contributed by atoms with E-state index in [9.17, 15) is 4.57 Å². The quantitative estimate of drug-likeness (QED) is 0.0551. The molecule has 5 heteroatoms. The van der Waals surface area contributed by atoms with Gasteiger partial charge < -0.3 is 9.05 Å². The third-order valence-electron chi connectivity index (χ3n) is 8.24. The number of hydrogen-bond donors (Lipinski definition) is 0. The van der Waals surface area contributed by atoms with E-state index in [0.29, 0.717) is 19.1 Å². The summed E-state index contributed by atoms with van der Waals surface area (Å²) >= 11 is 0. The molecule has 0 aliphatic rings. The summed E-state index contributed by atoms with van der Waals surface area (Å²) in [4.78, 5) is 0. The summed E-state index contributed by atoms with van der Waals surface area (Å²) in [5.74, 6) is 0.663. The Labute approximate surface area is 254 Å². The maximum atomic E-state index is 13.8. The summed E-state index contributed by atoms with van der Waals surface area (Å²) in [5.41, 5.74) is 0. The first-order valence-electron chi connectivity index (χ1n) is 18.1. The van der Waals surface area contributed by atoms with Crippen molar-refractivity contribution in [1.29, 1.82) is 0 Å². The van der Waals surface area contributed by atoms with Crippen molar-refractivity contribution in [3.8, 4) is 0 Å². The molecular weight excluding hydrogens is 530 g/mol. The molecule has 0 aromatic carbocycles. The van der Waals surface area contributed by atoms with Gasteiger partial charge in [-0.3, -0.25) is 4.57 Å². The van der Waals surface area contributed by atoms with Gasteiger partial charge in [-0.25, -0.2) is 0 Å². The SMILES string of the molecule is CCCCCCCCCCCCCCOP(=O)(C[P+](C)(C)CCCC)OCCCCCCCCCCCCCC. The molecule has 0 saturated carbocycles. The predicted molar refractivity (Wildman–Crippen MR) is 185 cm³/mol. The van der Waals surface area contributed by atoms with Crippen LogP contribution in [0, 0.1) is 0 Å². The van der Waals surface area contributed by atoms with E-state index in [1.165, 1.54) is 160 Å². The molecule has 0 radical (unpaired) electrons. The molecule has 0 aromatic rings. The van der Waals surface area contributed by atoms with E-state index in [1.807, 2.05) is 0 Å². The van der Waals surface area contributed by atoms with Crippen molar-refractivity contribution in [2.45, 2.75) is 188 Å². The molecule has 0 aliphatic carbocycles. The van der Waals surface area contributed by atoms with E-state index in [2.05, 4.69) is 34.1 Å². The highest BCUT2D eigenvalue weighted by molar-refractivity contribution is 7.83. The van der Waals surface area contributed by atoms with Crippen LogP contribution in [-0.2, 0) is 13.6 Å². The molecule has 0 bridgehead atoms. The van der Waals surface area contributed by atoms with E-state index >= 15 is 0 Å². The lowest BCUT2D eigenvalue weighted by Gasteiger charge is -2.24. The average molecular weight is 606 g/mol. The van der Waals surface area contributed by atoms with Gasteiger partial charge in [0.05, 0.1) is 19.4 Å². The number of rotatable bonds is 33. The van der Waals surface area contributed by atoms with E-state index in [-0.39, 0.29) is 0 Å².